The van der Waals surface area contributed by atoms with Crippen molar-refractivity contribution >= 4 is 11.8 Å². The molecule has 0 amide bonds. The summed E-state index contributed by atoms with van der Waals surface area (Å²) in [6, 6.07) is 6.08. The van der Waals surface area contributed by atoms with Crippen LogP contribution in [0, 0.1) is 0 Å². The van der Waals surface area contributed by atoms with Crippen molar-refractivity contribution in [1.29, 1.82) is 0 Å². The maximum Gasteiger partial charge on any atom is 0.387 e. The van der Waals surface area contributed by atoms with E-state index in [9.17, 15) is 8.78 Å². The lowest BCUT2D eigenvalue weighted by molar-refractivity contribution is -0.0494. The molecule has 18 heavy (non-hydrogen) atoms. The van der Waals surface area contributed by atoms with Gasteiger partial charge < -0.3 is 16.2 Å². The van der Waals surface area contributed by atoms with Crippen LogP contribution in [0.5, 0.6) is 5.75 Å². The highest BCUT2D eigenvalue weighted by molar-refractivity contribution is 5.74. The van der Waals surface area contributed by atoms with Gasteiger partial charge in [0.25, 0.3) is 0 Å². The normalized spacial score (nSPS) is 10.6. The number of anilines is 2. The largest absolute Gasteiger partial charge is 0.434 e. The predicted octanol–water partition coefficient (Wildman–Crippen LogP) is 1.30. The highest BCUT2D eigenvalue weighted by Gasteiger charge is 2.15. The molecule has 0 radical (unpaired) electrons. The van der Waals surface area contributed by atoms with Crippen molar-refractivity contribution in [2.24, 2.45) is 0 Å². The Morgan fingerprint density at radius 2 is 1.83 bits per heavy atom. The Morgan fingerprint density at radius 3 is 2.50 bits per heavy atom. The maximum absolute atomic E-state index is 12.3. The first kappa shape index (κ1) is 12.0. The van der Waals surface area contributed by atoms with Gasteiger partial charge in [-0.25, -0.2) is 0 Å². The Morgan fingerprint density at radius 1 is 1.11 bits per heavy atom. The molecule has 4 N–H and O–H groups in total. The molecule has 0 saturated heterocycles. The van der Waals surface area contributed by atoms with Crippen LogP contribution in [0.4, 0.5) is 20.5 Å². The summed E-state index contributed by atoms with van der Waals surface area (Å²) in [5, 5.41) is 7.26. The zero-order valence-electron chi connectivity index (χ0n) is 9.05. The fraction of sp³-hybridized carbons (Fsp3) is 0.100. The van der Waals surface area contributed by atoms with Crippen LogP contribution >= 0.6 is 0 Å². The molecule has 0 unspecified atom stereocenters. The summed E-state index contributed by atoms with van der Waals surface area (Å²) in [5.74, 6) is -0.156. The molecule has 1 aromatic heterocycles. The molecule has 8 heteroatoms. The average Bonchev–Trinajstić information content (AvgIpc) is 2.30. The van der Waals surface area contributed by atoms with Gasteiger partial charge in [-0.05, 0) is 12.1 Å². The smallest absolute Gasteiger partial charge is 0.387 e. The van der Waals surface area contributed by atoms with Crippen molar-refractivity contribution in [1.82, 2.24) is 15.2 Å². The summed E-state index contributed by atoms with van der Waals surface area (Å²) in [6.07, 6.45) is 0. The number of rotatable bonds is 3. The fourth-order valence-corrected chi connectivity index (χ4v) is 1.40. The highest BCUT2D eigenvalue weighted by atomic mass is 19.3. The van der Waals surface area contributed by atoms with Crippen molar-refractivity contribution in [3.05, 3.63) is 24.3 Å². The Bertz CT molecular complexity index is 564. The molecule has 0 aliphatic carbocycles. The summed E-state index contributed by atoms with van der Waals surface area (Å²) in [5.41, 5.74) is 11.3. The van der Waals surface area contributed by atoms with E-state index < -0.39 is 6.61 Å². The Hall–Kier alpha value is -2.51. The first-order chi connectivity index (χ1) is 8.58. The van der Waals surface area contributed by atoms with Gasteiger partial charge in [-0.3, -0.25) is 0 Å². The van der Waals surface area contributed by atoms with Crippen LogP contribution in [0.2, 0.25) is 0 Å². The molecular formula is C10H9F2N5O. The molecule has 0 atom stereocenters. The number of nitrogens with zero attached hydrogens (tertiary/aromatic N) is 3. The van der Waals surface area contributed by atoms with Gasteiger partial charge in [-0.15, -0.1) is 10.2 Å². The van der Waals surface area contributed by atoms with Crippen molar-refractivity contribution in [2.75, 3.05) is 11.5 Å². The van der Waals surface area contributed by atoms with Crippen LogP contribution in [-0.2, 0) is 0 Å². The van der Waals surface area contributed by atoms with E-state index in [1.165, 1.54) is 12.1 Å². The van der Waals surface area contributed by atoms with Gasteiger partial charge in [0.1, 0.15) is 11.4 Å². The lowest BCUT2D eigenvalue weighted by atomic mass is 10.1. The van der Waals surface area contributed by atoms with E-state index in [4.69, 9.17) is 11.5 Å². The molecule has 2 aromatic rings. The van der Waals surface area contributed by atoms with Crippen molar-refractivity contribution in [2.45, 2.75) is 6.61 Å². The summed E-state index contributed by atoms with van der Waals surface area (Å²) in [7, 11) is 0. The number of aromatic nitrogens is 3. The Labute approximate surface area is 101 Å². The predicted molar refractivity (Wildman–Crippen MR) is 60.7 cm³/mol. The number of ether oxygens (including phenoxy) is 1. The number of nitrogen functional groups attached to an aromatic ring is 2. The van der Waals surface area contributed by atoms with Crippen molar-refractivity contribution < 1.29 is 13.5 Å². The third-order valence-electron chi connectivity index (χ3n) is 2.09. The van der Waals surface area contributed by atoms with E-state index in [1.807, 2.05) is 0 Å². The number of para-hydroxylation sites is 1. The van der Waals surface area contributed by atoms with Crippen molar-refractivity contribution in [3.8, 4) is 17.0 Å². The molecular weight excluding hydrogens is 244 g/mol. The number of nitrogens with two attached hydrogens (primary N) is 2. The standard InChI is InChI=1S/C10H9F2N5O/c11-9(12)18-6-4-2-1-3-5(6)7-8(13)15-10(14)17-16-7/h1-4,9H,(H4,13,14,15,17). The number of benzene rings is 1. The van der Waals surface area contributed by atoms with E-state index in [2.05, 4.69) is 19.9 Å². The molecule has 0 spiro atoms. The number of alkyl halides is 2. The molecule has 0 bridgehead atoms. The number of hydrogen-bond donors (Lipinski definition) is 2. The molecule has 0 aliphatic rings. The monoisotopic (exact) mass is 253 g/mol. The Kier molecular flexibility index (Phi) is 3.18. The van der Waals surface area contributed by atoms with Gasteiger partial charge >= 0.3 is 6.61 Å². The fourth-order valence-electron chi connectivity index (χ4n) is 1.40. The van der Waals surface area contributed by atoms with E-state index >= 15 is 0 Å². The third kappa shape index (κ3) is 2.42. The molecule has 1 heterocycles. The minimum absolute atomic E-state index is 0.00665. The maximum atomic E-state index is 12.3. The molecule has 0 fully saturated rings. The zero-order chi connectivity index (χ0) is 13.1. The van der Waals surface area contributed by atoms with E-state index in [1.54, 1.807) is 12.1 Å². The second-order valence-corrected chi connectivity index (χ2v) is 3.28. The first-order valence-corrected chi connectivity index (χ1v) is 4.88. The number of halogens is 2. The summed E-state index contributed by atoms with van der Waals surface area (Å²) in [4.78, 5) is 3.71. The van der Waals surface area contributed by atoms with E-state index in [0.29, 0.717) is 0 Å². The Balaban J connectivity index is 2.49. The number of hydrogen-bond acceptors (Lipinski definition) is 6. The van der Waals surface area contributed by atoms with Gasteiger partial charge in [-0.2, -0.15) is 13.8 Å². The quantitative estimate of drug-likeness (QED) is 0.855. The van der Waals surface area contributed by atoms with Crippen LogP contribution in [-0.4, -0.2) is 21.8 Å². The van der Waals surface area contributed by atoms with Crippen LogP contribution in [0.1, 0.15) is 0 Å². The lowest BCUT2D eigenvalue weighted by Crippen LogP contribution is -2.07. The third-order valence-corrected chi connectivity index (χ3v) is 2.09. The minimum Gasteiger partial charge on any atom is -0.434 e. The van der Waals surface area contributed by atoms with Crippen LogP contribution in [0.15, 0.2) is 24.3 Å². The highest BCUT2D eigenvalue weighted by Crippen LogP contribution is 2.31. The van der Waals surface area contributed by atoms with Crippen LogP contribution in [0.25, 0.3) is 11.3 Å². The van der Waals surface area contributed by atoms with Crippen molar-refractivity contribution in [3.63, 3.8) is 0 Å². The van der Waals surface area contributed by atoms with Gasteiger partial charge in [0, 0.05) is 5.56 Å². The summed E-state index contributed by atoms with van der Waals surface area (Å²) >= 11 is 0. The minimum atomic E-state index is -2.94. The van der Waals surface area contributed by atoms with Crippen LogP contribution < -0.4 is 16.2 Å². The molecule has 0 aliphatic heterocycles. The molecule has 2 rings (SSSR count). The van der Waals surface area contributed by atoms with Gasteiger partial charge in [0.2, 0.25) is 5.95 Å². The van der Waals surface area contributed by atoms with Crippen LogP contribution in [0.3, 0.4) is 0 Å². The second kappa shape index (κ2) is 4.78. The molecule has 94 valence electrons. The molecule has 0 saturated carbocycles. The van der Waals surface area contributed by atoms with Gasteiger partial charge in [0.05, 0.1) is 0 Å². The molecule has 6 nitrogen and oxygen atoms in total. The topological polar surface area (TPSA) is 99.9 Å². The zero-order valence-corrected chi connectivity index (χ0v) is 9.05. The lowest BCUT2D eigenvalue weighted by Gasteiger charge is -2.10. The van der Waals surface area contributed by atoms with Gasteiger partial charge in [-0.1, -0.05) is 12.1 Å². The van der Waals surface area contributed by atoms with E-state index in [0.717, 1.165) is 0 Å². The first-order valence-electron chi connectivity index (χ1n) is 4.88. The summed E-state index contributed by atoms with van der Waals surface area (Å²) < 4.78 is 28.9. The molecule has 1 aromatic carbocycles. The summed E-state index contributed by atoms with van der Waals surface area (Å²) in [6.45, 7) is -2.94. The van der Waals surface area contributed by atoms with Gasteiger partial charge in [0.15, 0.2) is 5.82 Å². The SMILES string of the molecule is Nc1nnc(-c2ccccc2OC(F)F)c(N)n1. The second-order valence-electron chi connectivity index (χ2n) is 3.28. The average molecular weight is 253 g/mol. The van der Waals surface area contributed by atoms with E-state index in [-0.39, 0.29) is 28.8 Å².